The van der Waals surface area contributed by atoms with E-state index in [1.807, 2.05) is 29.9 Å². The summed E-state index contributed by atoms with van der Waals surface area (Å²) >= 11 is 0. The molecule has 0 spiro atoms. The standard InChI is InChI=1S/C24H27N7O2S/c1-29-22(17-8-6-16(7-9-17)15-4-5-15)19(12-27-29)21-20-23(30(2)28-21)25-14-26-24(20)31-11-10-18(13-31)34(3,32)33/h6-9,12,14-15,18H,4-5,10-11,13H2,1-3H3/t18-/m0/s1. The van der Waals surface area contributed by atoms with Gasteiger partial charge in [-0.2, -0.15) is 10.2 Å². The lowest BCUT2D eigenvalue weighted by atomic mass is 10.0. The second-order valence-corrected chi connectivity index (χ2v) is 11.8. The molecule has 9 nitrogen and oxygen atoms in total. The summed E-state index contributed by atoms with van der Waals surface area (Å²) in [5.74, 6) is 1.42. The molecule has 2 fully saturated rings. The Morgan fingerprint density at radius 3 is 2.44 bits per heavy atom. The predicted molar refractivity (Wildman–Crippen MR) is 131 cm³/mol. The quantitative estimate of drug-likeness (QED) is 0.436. The van der Waals surface area contributed by atoms with Crippen LogP contribution in [0, 0.1) is 0 Å². The Morgan fingerprint density at radius 2 is 1.76 bits per heavy atom. The zero-order valence-corrected chi connectivity index (χ0v) is 20.3. The molecule has 0 N–H and O–H groups in total. The van der Waals surface area contributed by atoms with Gasteiger partial charge in [-0.15, -0.1) is 0 Å². The highest BCUT2D eigenvalue weighted by Crippen LogP contribution is 2.42. The van der Waals surface area contributed by atoms with Gasteiger partial charge in [0.1, 0.15) is 17.8 Å². The van der Waals surface area contributed by atoms with Gasteiger partial charge in [0, 0.05) is 44.6 Å². The van der Waals surface area contributed by atoms with E-state index in [-0.39, 0.29) is 0 Å². The highest BCUT2D eigenvalue weighted by atomic mass is 32.2. The molecule has 34 heavy (non-hydrogen) atoms. The van der Waals surface area contributed by atoms with Crippen LogP contribution < -0.4 is 4.90 Å². The smallest absolute Gasteiger partial charge is 0.163 e. The Kier molecular flexibility index (Phi) is 4.77. The average Bonchev–Trinajstić information content (AvgIpc) is 3.25. The Morgan fingerprint density at radius 1 is 1.00 bits per heavy atom. The summed E-state index contributed by atoms with van der Waals surface area (Å²) in [5.41, 5.74) is 5.82. The summed E-state index contributed by atoms with van der Waals surface area (Å²) in [6, 6.07) is 8.75. The summed E-state index contributed by atoms with van der Waals surface area (Å²) < 4.78 is 27.9. The van der Waals surface area contributed by atoms with Crippen LogP contribution in [-0.4, -0.2) is 62.5 Å². The molecule has 176 valence electrons. The van der Waals surface area contributed by atoms with E-state index in [0.29, 0.717) is 31.1 Å². The van der Waals surface area contributed by atoms with Crippen LogP contribution >= 0.6 is 0 Å². The first-order valence-electron chi connectivity index (χ1n) is 11.6. The summed E-state index contributed by atoms with van der Waals surface area (Å²) in [7, 11) is 0.687. The molecule has 3 aromatic heterocycles. The first-order chi connectivity index (χ1) is 16.3. The number of benzene rings is 1. The van der Waals surface area contributed by atoms with Crippen LogP contribution in [0.25, 0.3) is 33.5 Å². The maximum atomic E-state index is 12.2. The van der Waals surface area contributed by atoms with E-state index in [2.05, 4.69) is 39.3 Å². The van der Waals surface area contributed by atoms with E-state index in [1.165, 1.54) is 31.0 Å². The van der Waals surface area contributed by atoms with Crippen molar-refractivity contribution in [2.45, 2.75) is 30.4 Å². The van der Waals surface area contributed by atoms with Crippen molar-refractivity contribution in [1.82, 2.24) is 29.5 Å². The van der Waals surface area contributed by atoms with E-state index in [0.717, 1.165) is 33.7 Å². The minimum absolute atomic E-state index is 0.392. The second-order valence-electron chi connectivity index (χ2n) is 9.48. The monoisotopic (exact) mass is 477 g/mol. The Hall–Kier alpha value is -3.27. The van der Waals surface area contributed by atoms with Gasteiger partial charge in [-0.25, -0.2) is 23.1 Å². The zero-order chi connectivity index (χ0) is 23.6. The van der Waals surface area contributed by atoms with Crippen LogP contribution in [0.5, 0.6) is 0 Å². The molecule has 4 heterocycles. The molecule has 1 aliphatic heterocycles. The van der Waals surface area contributed by atoms with Gasteiger partial charge in [0.25, 0.3) is 0 Å². The molecule has 1 saturated heterocycles. The summed E-state index contributed by atoms with van der Waals surface area (Å²) in [5, 5.41) is 9.82. The van der Waals surface area contributed by atoms with Gasteiger partial charge in [-0.05, 0) is 30.7 Å². The van der Waals surface area contributed by atoms with Crippen molar-refractivity contribution in [3.8, 4) is 22.5 Å². The van der Waals surface area contributed by atoms with Gasteiger partial charge in [-0.1, -0.05) is 24.3 Å². The zero-order valence-electron chi connectivity index (χ0n) is 19.5. The normalized spacial score (nSPS) is 18.8. The molecule has 1 saturated carbocycles. The fourth-order valence-electron chi connectivity index (χ4n) is 5.05. The van der Waals surface area contributed by atoms with Gasteiger partial charge in [0.2, 0.25) is 0 Å². The number of aromatic nitrogens is 6. The van der Waals surface area contributed by atoms with E-state index in [4.69, 9.17) is 5.10 Å². The van der Waals surface area contributed by atoms with Crippen molar-refractivity contribution in [2.75, 3.05) is 24.2 Å². The summed E-state index contributed by atoms with van der Waals surface area (Å²) in [6.45, 7) is 1.04. The first kappa shape index (κ1) is 21.3. The number of hydrogen-bond acceptors (Lipinski definition) is 7. The summed E-state index contributed by atoms with van der Waals surface area (Å²) in [6.07, 6.45) is 7.81. The van der Waals surface area contributed by atoms with Crippen LogP contribution in [-0.2, 0) is 23.9 Å². The molecule has 1 atom stereocenters. The molecule has 0 amide bonds. The third-order valence-corrected chi connectivity index (χ3v) is 8.67. The van der Waals surface area contributed by atoms with Crippen molar-refractivity contribution in [1.29, 1.82) is 0 Å². The topological polar surface area (TPSA) is 98.8 Å². The van der Waals surface area contributed by atoms with Crippen molar-refractivity contribution >= 4 is 26.7 Å². The summed E-state index contributed by atoms with van der Waals surface area (Å²) in [4.78, 5) is 11.1. The third-order valence-electron chi connectivity index (χ3n) is 7.08. The molecule has 0 radical (unpaired) electrons. The second kappa shape index (κ2) is 7.63. The van der Waals surface area contributed by atoms with Gasteiger partial charge in [0.15, 0.2) is 15.5 Å². The predicted octanol–water partition coefficient (Wildman–Crippen LogP) is 2.93. The molecular weight excluding hydrogens is 450 g/mol. The van der Waals surface area contributed by atoms with Crippen LogP contribution in [0.3, 0.4) is 0 Å². The Bertz CT molecular complexity index is 1500. The maximum absolute atomic E-state index is 12.2. The molecule has 1 aliphatic carbocycles. The molecule has 2 aliphatic rings. The van der Waals surface area contributed by atoms with Crippen LogP contribution in [0.2, 0.25) is 0 Å². The molecule has 10 heteroatoms. The van der Waals surface area contributed by atoms with Gasteiger partial charge < -0.3 is 4.90 Å². The average molecular weight is 478 g/mol. The fourth-order valence-corrected chi connectivity index (χ4v) is 6.04. The number of rotatable bonds is 5. The first-order valence-corrected chi connectivity index (χ1v) is 13.5. The highest BCUT2D eigenvalue weighted by molar-refractivity contribution is 7.91. The van der Waals surface area contributed by atoms with Gasteiger partial charge in [0.05, 0.1) is 22.5 Å². The minimum atomic E-state index is -3.12. The number of hydrogen-bond donors (Lipinski definition) is 0. The highest BCUT2D eigenvalue weighted by Gasteiger charge is 2.33. The maximum Gasteiger partial charge on any atom is 0.163 e. The van der Waals surface area contributed by atoms with Gasteiger partial charge in [-0.3, -0.25) is 4.68 Å². The minimum Gasteiger partial charge on any atom is -0.355 e. The lowest BCUT2D eigenvalue weighted by molar-refractivity contribution is 0.589. The lowest BCUT2D eigenvalue weighted by Gasteiger charge is -2.18. The van der Waals surface area contributed by atoms with Crippen LogP contribution in [0.15, 0.2) is 36.8 Å². The number of anilines is 1. The van der Waals surface area contributed by atoms with Crippen molar-refractivity contribution in [3.63, 3.8) is 0 Å². The molecule has 1 aromatic carbocycles. The molecule has 6 rings (SSSR count). The number of fused-ring (bicyclic) bond motifs is 1. The van der Waals surface area contributed by atoms with Crippen molar-refractivity contribution < 1.29 is 8.42 Å². The van der Waals surface area contributed by atoms with Gasteiger partial charge >= 0.3 is 0 Å². The Labute approximate surface area is 198 Å². The van der Waals surface area contributed by atoms with Crippen molar-refractivity contribution in [3.05, 3.63) is 42.4 Å². The molecular formula is C24H27N7O2S. The number of aryl methyl sites for hydroxylation is 2. The molecule has 0 unspecified atom stereocenters. The molecule has 4 aromatic rings. The van der Waals surface area contributed by atoms with E-state index >= 15 is 0 Å². The third kappa shape index (κ3) is 3.48. The fraction of sp³-hybridized carbons (Fsp3) is 0.417. The largest absolute Gasteiger partial charge is 0.355 e. The lowest BCUT2D eigenvalue weighted by Crippen LogP contribution is -2.26. The SMILES string of the molecule is Cn1ncc(-c2nn(C)c3ncnc(N4CC[C@H](S(C)(=O)=O)C4)c23)c1-c1ccc(C2CC2)cc1. The Balaban J connectivity index is 1.48. The number of nitrogens with zero attached hydrogens (tertiary/aromatic N) is 7. The van der Waals surface area contributed by atoms with Crippen LogP contribution in [0.1, 0.15) is 30.7 Å². The van der Waals surface area contributed by atoms with E-state index < -0.39 is 15.1 Å². The van der Waals surface area contributed by atoms with Crippen LogP contribution in [0.4, 0.5) is 5.82 Å². The van der Waals surface area contributed by atoms with E-state index in [9.17, 15) is 8.42 Å². The molecule has 0 bridgehead atoms. The number of sulfone groups is 1. The van der Waals surface area contributed by atoms with Crippen molar-refractivity contribution in [2.24, 2.45) is 14.1 Å². The van der Waals surface area contributed by atoms with E-state index in [1.54, 1.807) is 4.68 Å².